The third-order valence-electron chi connectivity index (χ3n) is 3.86. The van der Waals surface area contributed by atoms with E-state index in [-0.39, 0.29) is 37.6 Å². The van der Waals surface area contributed by atoms with E-state index in [9.17, 15) is 9.59 Å². The maximum atomic E-state index is 12.2. The number of hydrogen-bond acceptors (Lipinski definition) is 4. The van der Waals surface area contributed by atoms with Crippen LogP contribution in [-0.2, 0) is 4.79 Å². The molecule has 0 spiro atoms. The van der Waals surface area contributed by atoms with Gasteiger partial charge in [0.25, 0.3) is 0 Å². The number of carbonyl (C=O) groups is 2. The minimum atomic E-state index is -0.258. The molecule has 0 bridgehead atoms. The molecular formula is C16H23N3O4. The average Bonchev–Trinajstić information content (AvgIpc) is 2.92. The van der Waals surface area contributed by atoms with Crippen LogP contribution in [-0.4, -0.2) is 61.3 Å². The number of ether oxygens (including phenoxy) is 1. The van der Waals surface area contributed by atoms with Crippen LogP contribution in [0.4, 0.5) is 10.5 Å². The molecule has 0 aromatic heterocycles. The van der Waals surface area contributed by atoms with Gasteiger partial charge in [-0.15, -0.1) is 0 Å². The molecule has 23 heavy (non-hydrogen) atoms. The SMILES string of the molecule is CCN(CCO)C(=O)NC1CC(=O)N(c2cccc(OC)c2)C1. The van der Waals surface area contributed by atoms with Gasteiger partial charge in [-0.25, -0.2) is 4.79 Å². The third kappa shape index (κ3) is 4.13. The summed E-state index contributed by atoms with van der Waals surface area (Å²) in [6, 6.07) is 6.78. The zero-order valence-electron chi connectivity index (χ0n) is 13.5. The Bertz CT molecular complexity index is 564. The number of hydrogen-bond donors (Lipinski definition) is 2. The van der Waals surface area contributed by atoms with Crippen LogP contribution in [0, 0.1) is 0 Å². The van der Waals surface area contributed by atoms with Crippen LogP contribution < -0.4 is 15.0 Å². The van der Waals surface area contributed by atoms with Crippen molar-refractivity contribution in [3.8, 4) is 5.75 Å². The Hall–Kier alpha value is -2.28. The Morgan fingerprint density at radius 3 is 2.96 bits per heavy atom. The smallest absolute Gasteiger partial charge is 0.317 e. The standard InChI is InChI=1S/C16H23N3O4/c1-3-18(7-8-20)16(22)17-12-9-15(21)19(11-12)13-5-4-6-14(10-13)23-2/h4-6,10,12,20H,3,7-9,11H2,1-2H3,(H,17,22). The number of likely N-dealkylation sites (N-methyl/N-ethyl adjacent to an activating group) is 1. The zero-order valence-corrected chi connectivity index (χ0v) is 13.5. The number of carbonyl (C=O) groups excluding carboxylic acids is 2. The van der Waals surface area contributed by atoms with Gasteiger partial charge in [0.05, 0.1) is 19.8 Å². The molecule has 0 saturated carbocycles. The van der Waals surface area contributed by atoms with Gasteiger partial charge in [0.1, 0.15) is 5.75 Å². The van der Waals surface area contributed by atoms with E-state index >= 15 is 0 Å². The molecule has 3 amide bonds. The zero-order chi connectivity index (χ0) is 16.8. The monoisotopic (exact) mass is 321 g/mol. The Kier molecular flexibility index (Phi) is 5.81. The number of urea groups is 1. The van der Waals surface area contributed by atoms with E-state index in [1.54, 1.807) is 18.1 Å². The highest BCUT2D eigenvalue weighted by molar-refractivity contribution is 5.97. The van der Waals surface area contributed by atoms with Crippen LogP contribution in [0.15, 0.2) is 24.3 Å². The molecule has 126 valence electrons. The number of rotatable bonds is 6. The van der Waals surface area contributed by atoms with Gasteiger partial charge in [0.2, 0.25) is 5.91 Å². The summed E-state index contributed by atoms with van der Waals surface area (Å²) in [4.78, 5) is 27.5. The van der Waals surface area contributed by atoms with Crippen molar-refractivity contribution in [2.45, 2.75) is 19.4 Å². The number of aliphatic hydroxyl groups is 1. The molecule has 2 N–H and O–H groups in total. The third-order valence-corrected chi connectivity index (χ3v) is 3.86. The first kappa shape index (κ1) is 17.1. The van der Waals surface area contributed by atoms with Crippen molar-refractivity contribution in [1.82, 2.24) is 10.2 Å². The minimum absolute atomic E-state index is 0.0336. The van der Waals surface area contributed by atoms with E-state index in [2.05, 4.69) is 5.32 Å². The predicted octanol–water partition coefficient (Wildman–Crippen LogP) is 0.824. The lowest BCUT2D eigenvalue weighted by Crippen LogP contribution is -2.46. The van der Waals surface area contributed by atoms with Crippen molar-refractivity contribution in [2.24, 2.45) is 0 Å². The molecule has 1 fully saturated rings. The van der Waals surface area contributed by atoms with Gasteiger partial charge in [-0.1, -0.05) is 6.07 Å². The second kappa shape index (κ2) is 7.82. The van der Waals surface area contributed by atoms with Crippen LogP contribution in [0.25, 0.3) is 0 Å². The summed E-state index contributed by atoms with van der Waals surface area (Å²) in [5.74, 6) is 0.650. The summed E-state index contributed by atoms with van der Waals surface area (Å²) in [6.45, 7) is 2.97. The van der Waals surface area contributed by atoms with Crippen molar-refractivity contribution < 1.29 is 19.4 Å². The summed E-state index contributed by atoms with van der Waals surface area (Å²) < 4.78 is 5.18. The quantitative estimate of drug-likeness (QED) is 0.813. The maximum Gasteiger partial charge on any atom is 0.317 e. The molecule has 2 rings (SSSR count). The van der Waals surface area contributed by atoms with Gasteiger partial charge in [0.15, 0.2) is 0 Å². The first-order valence-electron chi connectivity index (χ1n) is 7.69. The molecule has 1 aromatic carbocycles. The van der Waals surface area contributed by atoms with E-state index in [0.717, 1.165) is 5.69 Å². The molecule has 1 aliphatic rings. The lowest BCUT2D eigenvalue weighted by atomic mass is 10.2. The van der Waals surface area contributed by atoms with Crippen LogP contribution >= 0.6 is 0 Å². The number of amides is 3. The van der Waals surface area contributed by atoms with E-state index in [1.807, 2.05) is 25.1 Å². The van der Waals surface area contributed by atoms with Crippen LogP contribution in [0.1, 0.15) is 13.3 Å². The Labute approximate surface area is 135 Å². The largest absolute Gasteiger partial charge is 0.497 e. The summed E-state index contributed by atoms with van der Waals surface area (Å²) in [5, 5.41) is 11.8. The van der Waals surface area contributed by atoms with Crippen molar-refractivity contribution in [2.75, 3.05) is 38.3 Å². The number of benzene rings is 1. The fourth-order valence-electron chi connectivity index (χ4n) is 2.62. The van der Waals surface area contributed by atoms with Gasteiger partial charge >= 0.3 is 6.03 Å². The molecule has 1 atom stereocenters. The van der Waals surface area contributed by atoms with E-state index in [0.29, 0.717) is 18.8 Å². The Morgan fingerprint density at radius 2 is 2.30 bits per heavy atom. The molecule has 1 saturated heterocycles. The van der Waals surface area contributed by atoms with E-state index in [1.165, 1.54) is 4.90 Å². The number of nitrogens with one attached hydrogen (secondary N) is 1. The van der Waals surface area contributed by atoms with E-state index in [4.69, 9.17) is 9.84 Å². The van der Waals surface area contributed by atoms with Crippen molar-refractivity contribution in [3.05, 3.63) is 24.3 Å². The summed E-state index contributed by atoms with van der Waals surface area (Å²) >= 11 is 0. The van der Waals surface area contributed by atoms with Gasteiger partial charge in [-0.3, -0.25) is 4.79 Å². The lowest BCUT2D eigenvalue weighted by Gasteiger charge is -2.23. The molecule has 7 heteroatoms. The number of aliphatic hydroxyl groups excluding tert-OH is 1. The highest BCUT2D eigenvalue weighted by Crippen LogP contribution is 2.25. The van der Waals surface area contributed by atoms with Crippen molar-refractivity contribution >= 4 is 17.6 Å². The number of nitrogens with zero attached hydrogens (tertiary/aromatic N) is 2. The summed E-state index contributed by atoms with van der Waals surface area (Å²) in [6.07, 6.45) is 0.264. The molecule has 0 radical (unpaired) electrons. The van der Waals surface area contributed by atoms with Gasteiger partial charge in [0, 0.05) is 37.8 Å². The van der Waals surface area contributed by atoms with Crippen LogP contribution in [0.2, 0.25) is 0 Å². The molecule has 1 aliphatic heterocycles. The van der Waals surface area contributed by atoms with Crippen LogP contribution in [0.5, 0.6) is 5.75 Å². The second-order valence-electron chi connectivity index (χ2n) is 5.36. The van der Waals surface area contributed by atoms with Gasteiger partial charge in [-0.05, 0) is 19.1 Å². The normalized spacial score (nSPS) is 17.3. The molecular weight excluding hydrogens is 298 g/mol. The summed E-state index contributed by atoms with van der Waals surface area (Å²) in [5.41, 5.74) is 0.758. The number of anilines is 1. The molecule has 7 nitrogen and oxygen atoms in total. The van der Waals surface area contributed by atoms with Crippen LogP contribution in [0.3, 0.4) is 0 Å². The molecule has 1 aromatic rings. The van der Waals surface area contributed by atoms with Gasteiger partial charge < -0.3 is 25.0 Å². The molecule has 0 aliphatic carbocycles. The highest BCUT2D eigenvalue weighted by atomic mass is 16.5. The summed E-state index contributed by atoms with van der Waals surface area (Å²) in [7, 11) is 1.58. The second-order valence-corrected chi connectivity index (χ2v) is 5.36. The minimum Gasteiger partial charge on any atom is -0.497 e. The first-order chi connectivity index (χ1) is 11.1. The topological polar surface area (TPSA) is 82.1 Å². The van der Waals surface area contributed by atoms with E-state index < -0.39 is 0 Å². The molecule has 1 heterocycles. The number of methoxy groups -OCH3 is 1. The van der Waals surface area contributed by atoms with Crippen molar-refractivity contribution in [3.63, 3.8) is 0 Å². The molecule has 1 unspecified atom stereocenters. The average molecular weight is 321 g/mol. The fraction of sp³-hybridized carbons (Fsp3) is 0.500. The first-order valence-corrected chi connectivity index (χ1v) is 7.69. The maximum absolute atomic E-state index is 12.2. The predicted molar refractivity (Wildman–Crippen MR) is 86.6 cm³/mol. The fourth-order valence-corrected chi connectivity index (χ4v) is 2.62. The van der Waals surface area contributed by atoms with Gasteiger partial charge in [-0.2, -0.15) is 0 Å². The lowest BCUT2D eigenvalue weighted by molar-refractivity contribution is -0.117. The highest BCUT2D eigenvalue weighted by Gasteiger charge is 2.32. The Morgan fingerprint density at radius 1 is 1.52 bits per heavy atom. The van der Waals surface area contributed by atoms with Crippen molar-refractivity contribution in [1.29, 1.82) is 0 Å². The Balaban J connectivity index is 2.00.